The van der Waals surface area contributed by atoms with E-state index in [0.717, 1.165) is 51.5 Å². The van der Waals surface area contributed by atoms with Gasteiger partial charge in [-0.3, -0.25) is 4.90 Å². The fourth-order valence-electron chi connectivity index (χ4n) is 3.20. The van der Waals surface area contributed by atoms with Crippen LogP contribution in [0, 0.1) is 5.21 Å². The van der Waals surface area contributed by atoms with Crippen LogP contribution in [0.2, 0.25) is 0 Å². The van der Waals surface area contributed by atoms with Crippen molar-refractivity contribution in [2.75, 3.05) is 44.3 Å². The summed E-state index contributed by atoms with van der Waals surface area (Å²) in [6.07, 6.45) is 5.70. The van der Waals surface area contributed by atoms with Gasteiger partial charge < -0.3 is 14.8 Å². The van der Waals surface area contributed by atoms with Gasteiger partial charge in [0.25, 0.3) is 0 Å². The van der Waals surface area contributed by atoms with E-state index in [1.165, 1.54) is 0 Å². The van der Waals surface area contributed by atoms with Gasteiger partial charge in [-0.25, -0.2) is 9.97 Å². The molecule has 2 unspecified atom stereocenters. The molecule has 1 aromatic heterocycles. The molecule has 2 atom stereocenters. The number of rotatable bonds is 3. The van der Waals surface area contributed by atoms with Crippen LogP contribution in [-0.4, -0.2) is 64.9 Å². The zero-order valence-electron chi connectivity index (χ0n) is 12.1. The summed E-state index contributed by atoms with van der Waals surface area (Å²) in [7, 11) is 0. The van der Waals surface area contributed by atoms with E-state index in [-0.39, 0.29) is 10.7 Å². The number of quaternary nitrogens is 1. The van der Waals surface area contributed by atoms with Gasteiger partial charge in [-0.2, -0.15) is 0 Å². The molecule has 0 amide bonds. The summed E-state index contributed by atoms with van der Waals surface area (Å²) in [6, 6.07) is 2.09. The molecule has 2 aliphatic rings. The van der Waals surface area contributed by atoms with Crippen molar-refractivity contribution in [1.82, 2.24) is 14.9 Å². The SMILES string of the molecule is CC1CCC[N+]1([O-])CN1CCN(c2ncccn2)CC1. The number of aromatic nitrogens is 2. The molecule has 0 spiro atoms. The number of hydrogen-bond donors (Lipinski definition) is 0. The van der Waals surface area contributed by atoms with Crippen molar-refractivity contribution in [3.05, 3.63) is 23.7 Å². The molecule has 2 fully saturated rings. The van der Waals surface area contributed by atoms with E-state index in [4.69, 9.17) is 0 Å². The minimum Gasteiger partial charge on any atom is -0.632 e. The smallest absolute Gasteiger partial charge is 0.225 e. The van der Waals surface area contributed by atoms with Gasteiger partial charge in [-0.15, -0.1) is 0 Å². The second kappa shape index (κ2) is 5.63. The standard InChI is InChI=1S/C14H23N5O/c1-13-4-2-11-19(13,20)12-17-7-9-18(10-8-17)14-15-5-3-6-16-14/h3,5-6,13H,2,4,7-12H2,1H3. The summed E-state index contributed by atoms with van der Waals surface area (Å²) in [5.41, 5.74) is 0. The van der Waals surface area contributed by atoms with Crippen molar-refractivity contribution >= 4 is 5.95 Å². The van der Waals surface area contributed by atoms with E-state index < -0.39 is 0 Å². The molecule has 0 N–H and O–H groups in total. The van der Waals surface area contributed by atoms with Gasteiger partial charge in [0.05, 0.1) is 12.6 Å². The Kier molecular flexibility index (Phi) is 3.87. The second-order valence-electron chi connectivity index (χ2n) is 5.96. The predicted molar refractivity (Wildman–Crippen MR) is 77.9 cm³/mol. The van der Waals surface area contributed by atoms with Crippen molar-refractivity contribution in [1.29, 1.82) is 0 Å². The number of nitrogens with zero attached hydrogens (tertiary/aromatic N) is 5. The average Bonchev–Trinajstić information content (AvgIpc) is 2.80. The third-order valence-electron chi connectivity index (χ3n) is 4.61. The molecule has 0 radical (unpaired) electrons. The highest BCUT2D eigenvalue weighted by Crippen LogP contribution is 2.26. The van der Waals surface area contributed by atoms with Gasteiger partial charge in [0.2, 0.25) is 5.95 Å². The van der Waals surface area contributed by atoms with Crippen LogP contribution in [0.3, 0.4) is 0 Å². The summed E-state index contributed by atoms with van der Waals surface area (Å²) >= 11 is 0. The Morgan fingerprint density at radius 2 is 1.95 bits per heavy atom. The van der Waals surface area contributed by atoms with Crippen molar-refractivity contribution in [3.8, 4) is 0 Å². The zero-order valence-corrected chi connectivity index (χ0v) is 12.1. The summed E-state index contributed by atoms with van der Waals surface area (Å²) in [5, 5.41) is 12.7. The number of piperazine rings is 1. The summed E-state index contributed by atoms with van der Waals surface area (Å²) in [5.74, 6) is 0.799. The van der Waals surface area contributed by atoms with E-state index in [0.29, 0.717) is 6.67 Å². The summed E-state index contributed by atoms with van der Waals surface area (Å²) in [6.45, 7) is 7.17. The predicted octanol–water partition coefficient (Wildman–Crippen LogP) is 1.05. The van der Waals surface area contributed by atoms with E-state index >= 15 is 0 Å². The fourth-order valence-corrected chi connectivity index (χ4v) is 3.20. The topological polar surface area (TPSA) is 55.3 Å². The van der Waals surface area contributed by atoms with Gasteiger partial charge in [-0.05, 0) is 13.0 Å². The number of hydroxylamine groups is 3. The van der Waals surface area contributed by atoms with Gasteiger partial charge in [-0.1, -0.05) is 0 Å². The molecule has 3 rings (SSSR count). The number of anilines is 1. The van der Waals surface area contributed by atoms with Gasteiger partial charge in [0, 0.05) is 51.4 Å². The van der Waals surface area contributed by atoms with E-state index in [1.807, 2.05) is 6.07 Å². The minimum atomic E-state index is -0.0260. The molecule has 110 valence electrons. The summed E-state index contributed by atoms with van der Waals surface area (Å²) < 4.78 is -0.0260. The lowest BCUT2D eigenvalue weighted by Gasteiger charge is -2.47. The molecule has 0 saturated carbocycles. The van der Waals surface area contributed by atoms with Crippen LogP contribution in [-0.2, 0) is 0 Å². The van der Waals surface area contributed by atoms with Crippen molar-refractivity contribution in [2.24, 2.45) is 0 Å². The van der Waals surface area contributed by atoms with Crippen LogP contribution in [0.15, 0.2) is 18.5 Å². The monoisotopic (exact) mass is 277 g/mol. The van der Waals surface area contributed by atoms with Gasteiger partial charge >= 0.3 is 0 Å². The highest BCUT2D eigenvalue weighted by atomic mass is 16.6. The highest BCUT2D eigenvalue weighted by molar-refractivity contribution is 5.29. The Morgan fingerprint density at radius 3 is 2.55 bits per heavy atom. The molecular formula is C14H23N5O. The molecule has 2 saturated heterocycles. The molecule has 0 aromatic carbocycles. The largest absolute Gasteiger partial charge is 0.632 e. The number of hydrogen-bond acceptors (Lipinski definition) is 5. The minimum absolute atomic E-state index is 0.0260. The molecule has 1 aromatic rings. The molecular weight excluding hydrogens is 254 g/mol. The van der Waals surface area contributed by atoms with Crippen LogP contribution in [0.1, 0.15) is 19.8 Å². The Hall–Kier alpha value is -1.24. The first-order valence-electron chi connectivity index (χ1n) is 7.49. The zero-order chi connectivity index (χ0) is 14.0. The Morgan fingerprint density at radius 1 is 1.25 bits per heavy atom. The molecule has 2 aliphatic heterocycles. The maximum Gasteiger partial charge on any atom is 0.225 e. The third-order valence-corrected chi connectivity index (χ3v) is 4.61. The van der Waals surface area contributed by atoms with Crippen LogP contribution < -0.4 is 4.90 Å². The van der Waals surface area contributed by atoms with Crippen LogP contribution in [0.5, 0.6) is 0 Å². The fraction of sp³-hybridized carbons (Fsp3) is 0.714. The lowest BCUT2D eigenvalue weighted by atomic mass is 10.2. The molecule has 20 heavy (non-hydrogen) atoms. The first-order chi connectivity index (χ1) is 9.67. The third kappa shape index (κ3) is 2.77. The van der Waals surface area contributed by atoms with E-state index in [2.05, 4.69) is 26.7 Å². The molecule has 6 nitrogen and oxygen atoms in total. The molecule has 0 aliphatic carbocycles. The summed E-state index contributed by atoms with van der Waals surface area (Å²) in [4.78, 5) is 13.1. The molecule has 0 bridgehead atoms. The van der Waals surface area contributed by atoms with Crippen LogP contribution in [0.4, 0.5) is 5.95 Å². The lowest BCUT2D eigenvalue weighted by Crippen LogP contribution is -2.56. The Bertz CT molecular complexity index is 434. The molecule has 3 heterocycles. The highest BCUT2D eigenvalue weighted by Gasteiger charge is 2.33. The number of likely N-dealkylation sites (tertiary alicyclic amines) is 1. The lowest BCUT2D eigenvalue weighted by molar-refractivity contribution is -0.900. The maximum atomic E-state index is 12.7. The van der Waals surface area contributed by atoms with Crippen molar-refractivity contribution < 1.29 is 4.65 Å². The van der Waals surface area contributed by atoms with Crippen LogP contribution in [0.25, 0.3) is 0 Å². The second-order valence-corrected chi connectivity index (χ2v) is 5.96. The normalized spacial score (nSPS) is 31.7. The van der Waals surface area contributed by atoms with Crippen molar-refractivity contribution in [3.63, 3.8) is 0 Å². The Balaban J connectivity index is 1.54. The van der Waals surface area contributed by atoms with Gasteiger partial charge in [0.1, 0.15) is 6.67 Å². The van der Waals surface area contributed by atoms with Crippen LogP contribution >= 0.6 is 0 Å². The van der Waals surface area contributed by atoms with E-state index in [9.17, 15) is 5.21 Å². The van der Waals surface area contributed by atoms with Gasteiger partial charge in [0.15, 0.2) is 0 Å². The quantitative estimate of drug-likeness (QED) is 0.610. The van der Waals surface area contributed by atoms with Crippen molar-refractivity contribution in [2.45, 2.75) is 25.8 Å². The Labute approximate surface area is 120 Å². The average molecular weight is 277 g/mol. The molecule has 6 heteroatoms. The first kappa shape index (κ1) is 13.7. The van der Waals surface area contributed by atoms with E-state index in [1.54, 1.807) is 12.4 Å². The maximum absolute atomic E-state index is 12.7. The first-order valence-corrected chi connectivity index (χ1v) is 7.49.